The average Bonchev–Trinajstić information content (AvgIpc) is 3.08. The number of aliphatic imine (C=N–C) groups is 1. The van der Waals surface area contributed by atoms with Crippen LogP contribution in [0.3, 0.4) is 0 Å². The van der Waals surface area contributed by atoms with Crippen LogP contribution in [0.2, 0.25) is 4.34 Å². The average molecular weight is 365 g/mol. The molecule has 0 unspecified atom stereocenters. The number of hydrogen-bond donors (Lipinski definition) is 1. The molecule has 3 rings (SSSR count). The van der Waals surface area contributed by atoms with E-state index < -0.39 is 0 Å². The van der Waals surface area contributed by atoms with Gasteiger partial charge in [0.1, 0.15) is 5.75 Å². The summed E-state index contributed by atoms with van der Waals surface area (Å²) >= 11 is 8.65. The highest BCUT2D eigenvalue weighted by atomic mass is 35.5. The summed E-state index contributed by atoms with van der Waals surface area (Å²) in [5, 5.41) is 3.33. The van der Waals surface area contributed by atoms with Crippen LogP contribution < -0.4 is 10.1 Å². The molecule has 0 bridgehead atoms. The zero-order valence-electron chi connectivity index (χ0n) is 12.2. The Hall–Kier alpha value is -1.76. The Balaban J connectivity index is 1.75. The zero-order chi connectivity index (χ0) is 16.2. The van der Waals surface area contributed by atoms with Crippen molar-refractivity contribution < 1.29 is 9.53 Å². The molecular formula is C16H13ClN2O2S2. The number of amidine groups is 1. The summed E-state index contributed by atoms with van der Waals surface area (Å²) in [6, 6.07) is 11.1. The number of ether oxygens (including phenoxy) is 1. The Kier molecular flexibility index (Phi) is 5.05. The van der Waals surface area contributed by atoms with Crippen molar-refractivity contribution in [2.75, 3.05) is 6.61 Å². The number of amides is 1. The second kappa shape index (κ2) is 7.21. The fourth-order valence-corrected chi connectivity index (χ4v) is 3.83. The van der Waals surface area contributed by atoms with E-state index in [-0.39, 0.29) is 5.91 Å². The van der Waals surface area contributed by atoms with Gasteiger partial charge in [-0.1, -0.05) is 11.6 Å². The van der Waals surface area contributed by atoms with Gasteiger partial charge in [-0.15, -0.1) is 11.3 Å². The van der Waals surface area contributed by atoms with Gasteiger partial charge in [0.15, 0.2) is 5.17 Å². The zero-order valence-corrected chi connectivity index (χ0v) is 14.6. The predicted molar refractivity (Wildman–Crippen MR) is 97.7 cm³/mol. The summed E-state index contributed by atoms with van der Waals surface area (Å²) in [5.41, 5.74) is 0.761. The van der Waals surface area contributed by atoms with Crippen molar-refractivity contribution in [3.8, 4) is 5.75 Å². The molecule has 1 aliphatic heterocycles. The lowest BCUT2D eigenvalue weighted by atomic mass is 10.3. The van der Waals surface area contributed by atoms with Crippen molar-refractivity contribution in [1.82, 2.24) is 5.32 Å². The van der Waals surface area contributed by atoms with Gasteiger partial charge < -0.3 is 10.1 Å². The first-order chi connectivity index (χ1) is 11.1. The molecule has 1 aliphatic rings. The van der Waals surface area contributed by atoms with Crippen LogP contribution in [0.5, 0.6) is 5.75 Å². The van der Waals surface area contributed by atoms with Gasteiger partial charge >= 0.3 is 0 Å². The highest BCUT2D eigenvalue weighted by molar-refractivity contribution is 8.18. The summed E-state index contributed by atoms with van der Waals surface area (Å²) in [4.78, 5) is 18.0. The number of nitrogens with one attached hydrogen (secondary N) is 1. The minimum Gasteiger partial charge on any atom is -0.494 e. The molecule has 0 spiro atoms. The van der Waals surface area contributed by atoms with E-state index in [0.717, 1.165) is 16.3 Å². The normalized spacial score (nSPS) is 17.7. The molecule has 2 aromatic rings. The van der Waals surface area contributed by atoms with E-state index in [1.54, 1.807) is 0 Å². The summed E-state index contributed by atoms with van der Waals surface area (Å²) in [5.74, 6) is 0.652. The van der Waals surface area contributed by atoms with Crippen LogP contribution in [-0.2, 0) is 4.79 Å². The summed E-state index contributed by atoms with van der Waals surface area (Å²) in [7, 11) is 0. The van der Waals surface area contributed by atoms with Crippen LogP contribution in [0.15, 0.2) is 46.3 Å². The van der Waals surface area contributed by atoms with E-state index in [1.165, 1.54) is 23.1 Å². The van der Waals surface area contributed by atoms with Crippen molar-refractivity contribution in [2.45, 2.75) is 6.92 Å². The standard InChI is InChI=1S/C16H13ClN2O2S2/c1-2-21-11-5-3-10(4-6-11)18-16-19-15(20)13(23-16)9-12-7-8-14(17)22-12/h3-9H,2H2,1H3,(H,18,19,20). The molecule has 0 saturated carbocycles. The van der Waals surface area contributed by atoms with E-state index >= 15 is 0 Å². The molecule has 23 heavy (non-hydrogen) atoms. The smallest absolute Gasteiger partial charge is 0.264 e. The van der Waals surface area contributed by atoms with E-state index in [4.69, 9.17) is 16.3 Å². The van der Waals surface area contributed by atoms with E-state index in [2.05, 4.69) is 10.3 Å². The Morgan fingerprint density at radius 2 is 2.04 bits per heavy atom. The van der Waals surface area contributed by atoms with Gasteiger partial charge in [0.25, 0.3) is 5.91 Å². The highest BCUT2D eigenvalue weighted by Crippen LogP contribution is 2.31. The number of halogens is 1. The van der Waals surface area contributed by atoms with E-state index in [1.807, 2.05) is 49.4 Å². The highest BCUT2D eigenvalue weighted by Gasteiger charge is 2.23. The number of rotatable bonds is 4. The van der Waals surface area contributed by atoms with Crippen LogP contribution >= 0.6 is 34.7 Å². The summed E-state index contributed by atoms with van der Waals surface area (Å²) in [6.07, 6.45) is 1.82. The fourth-order valence-electron chi connectivity index (χ4n) is 1.92. The van der Waals surface area contributed by atoms with Crippen LogP contribution in [0.25, 0.3) is 6.08 Å². The van der Waals surface area contributed by atoms with Crippen molar-refractivity contribution >= 4 is 57.5 Å². The molecule has 0 aliphatic carbocycles. The largest absolute Gasteiger partial charge is 0.494 e. The van der Waals surface area contributed by atoms with Crippen LogP contribution in [0.1, 0.15) is 11.8 Å². The quantitative estimate of drug-likeness (QED) is 0.800. The number of thioether (sulfide) groups is 1. The van der Waals surface area contributed by atoms with E-state index in [0.29, 0.717) is 21.0 Å². The molecule has 1 aromatic carbocycles. The van der Waals surface area contributed by atoms with Gasteiger partial charge in [-0.25, -0.2) is 4.99 Å². The third-order valence-electron chi connectivity index (χ3n) is 2.90. The number of carbonyl (C=O) groups is 1. The molecule has 1 saturated heterocycles. The number of nitrogens with zero attached hydrogens (tertiary/aromatic N) is 1. The van der Waals surface area contributed by atoms with Crippen LogP contribution in [0, 0.1) is 0 Å². The van der Waals surface area contributed by atoms with Crippen LogP contribution in [-0.4, -0.2) is 17.7 Å². The molecule has 4 nitrogen and oxygen atoms in total. The van der Waals surface area contributed by atoms with Gasteiger partial charge in [0.2, 0.25) is 0 Å². The third-order valence-corrected chi connectivity index (χ3v) is 4.98. The second-order valence-corrected chi connectivity index (χ2v) is 7.33. The first kappa shape index (κ1) is 16.1. The minimum absolute atomic E-state index is 0.149. The number of hydrogen-bond acceptors (Lipinski definition) is 5. The maximum atomic E-state index is 12.0. The monoisotopic (exact) mass is 364 g/mol. The van der Waals surface area contributed by atoms with Gasteiger partial charge in [-0.2, -0.15) is 0 Å². The van der Waals surface area contributed by atoms with Crippen LogP contribution in [0.4, 0.5) is 5.69 Å². The molecule has 118 valence electrons. The van der Waals surface area contributed by atoms with Gasteiger partial charge in [-0.3, -0.25) is 4.79 Å². The van der Waals surface area contributed by atoms with Crippen molar-refractivity contribution in [1.29, 1.82) is 0 Å². The maximum Gasteiger partial charge on any atom is 0.264 e. The summed E-state index contributed by atoms with van der Waals surface area (Å²) < 4.78 is 6.09. The first-order valence-electron chi connectivity index (χ1n) is 6.92. The van der Waals surface area contributed by atoms with Crippen molar-refractivity contribution in [3.63, 3.8) is 0 Å². The number of carbonyl (C=O) groups excluding carboxylic acids is 1. The fraction of sp³-hybridized carbons (Fsp3) is 0.125. The molecule has 0 radical (unpaired) electrons. The van der Waals surface area contributed by atoms with E-state index in [9.17, 15) is 4.79 Å². The molecule has 7 heteroatoms. The molecule has 2 heterocycles. The Morgan fingerprint density at radius 3 is 2.70 bits per heavy atom. The second-order valence-electron chi connectivity index (χ2n) is 4.55. The molecular weight excluding hydrogens is 352 g/mol. The molecule has 1 amide bonds. The Labute approximate surface area is 147 Å². The number of benzene rings is 1. The lowest BCUT2D eigenvalue weighted by molar-refractivity contribution is -0.115. The maximum absolute atomic E-state index is 12.0. The number of thiophene rings is 1. The SMILES string of the molecule is CCOc1ccc(N=C2NC(=O)C(=Cc3ccc(Cl)s3)S2)cc1. The van der Waals surface area contributed by atoms with Crippen molar-refractivity contribution in [2.24, 2.45) is 4.99 Å². The van der Waals surface area contributed by atoms with Gasteiger partial charge in [0.05, 0.1) is 21.5 Å². The van der Waals surface area contributed by atoms with Gasteiger partial charge in [0, 0.05) is 4.88 Å². The third kappa shape index (κ3) is 4.16. The van der Waals surface area contributed by atoms with Crippen molar-refractivity contribution in [3.05, 3.63) is 50.5 Å². The molecule has 1 N–H and O–H groups in total. The lowest BCUT2D eigenvalue weighted by Crippen LogP contribution is -2.19. The molecule has 1 aromatic heterocycles. The minimum atomic E-state index is -0.149. The Bertz CT molecular complexity index is 782. The Morgan fingerprint density at radius 1 is 1.26 bits per heavy atom. The molecule has 0 atom stereocenters. The lowest BCUT2D eigenvalue weighted by Gasteiger charge is -2.02. The summed E-state index contributed by atoms with van der Waals surface area (Å²) in [6.45, 7) is 2.56. The molecule has 1 fully saturated rings. The topological polar surface area (TPSA) is 50.7 Å². The first-order valence-corrected chi connectivity index (χ1v) is 8.93. The van der Waals surface area contributed by atoms with Gasteiger partial charge in [-0.05, 0) is 61.2 Å². The predicted octanol–water partition coefficient (Wildman–Crippen LogP) is 4.69.